The normalized spacial score (nSPS) is 17.5. The van der Waals surface area contributed by atoms with E-state index in [1.165, 1.54) is 0 Å². The SMILES string of the molecule is CCc1noc(-c2ccc(CCNC(=O)N3CCCC(O)C3)cc2)n1. The number of amides is 2. The Bertz CT molecular complexity index is 699. The maximum absolute atomic E-state index is 12.1. The molecule has 25 heavy (non-hydrogen) atoms. The highest BCUT2D eigenvalue weighted by Crippen LogP contribution is 2.18. The Morgan fingerprint density at radius 1 is 1.40 bits per heavy atom. The number of hydrogen-bond donors (Lipinski definition) is 2. The van der Waals surface area contributed by atoms with Gasteiger partial charge in [0.2, 0.25) is 0 Å². The first-order valence-electron chi connectivity index (χ1n) is 8.78. The summed E-state index contributed by atoms with van der Waals surface area (Å²) in [6.07, 6.45) is 2.72. The number of nitrogens with zero attached hydrogens (tertiary/aromatic N) is 3. The van der Waals surface area contributed by atoms with Crippen molar-refractivity contribution in [3.63, 3.8) is 0 Å². The predicted octanol–water partition coefficient (Wildman–Crippen LogP) is 2.01. The monoisotopic (exact) mass is 344 g/mol. The maximum atomic E-state index is 12.1. The van der Waals surface area contributed by atoms with Crippen LogP contribution in [-0.2, 0) is 12.8 Å². The Morgan fingerprint density at radius 2 is 2.20 bits per heavy atom. The van der Waals surface area contributed by atoms with Crippen LogP contribution in [0.15, 0.2) is 28.8 Å². The molecule has 2 N–H and O–H groups in total. The topological polar surface area (TPSA) is 91.5 Å². The largest absolute Gasteiger partial charge is 0.391 e. The lowest BCUT2D eigenvalue weighted by atomic mass is 10.1. The molecule has 7 nitrogen and oxygen atoms in total. The van der Waals surface area contributed by atoms with Crippen molar-refractivity contribution < 1.29 is 14.4 Å². The number of urea groups is 1. The van der Waals surface area contributed by atoms with Gasteiger partial charge in [0, 0.05) is 31.6 Å². The second-order valence-electron chi connectivity index (χ2n) is 6.29. The second kappa shape index (κ2) is 8.11. The minimum atomic E-state index is -0.398. The molecule has 1 saturated heterocycles. The van der Waals surface area contributed by atoms with Gasteiger partial charge in [0.25, 0.3) is 5.89 Å². The zero-order valence-electron chi connectivity index (χ0n) is 14.4. The number of aromatic nitrogens is 2. The fourth-order valence-corrected chi connectivity index (χ4v) is 2.89. The van der Waals surface area contributed by atoms with Gasteiger partial charge in [0.05, 0.1) is 6.10 Å². The van der Waals surface area contributed by atoms with E-state index in [1.54, 1.807) is 4.90 Å². The number of aliphatic hydroxyl groups is 1. The summed E-state index contributed by atoms with van der Waals surface area (Å²) in [6, 6.07) is 7.80. The molecule has 0 saturated carbocycles. The molecule has 3 rings (SSSR count). The molecule has 1 aromatic heterocycles. The zero-order chi connectivity index (χ0) is 17.6. The van der Waals surface area contributed by atoms with Crippen molar-refractivity contribution in [1.29, 1.82) is 0 Å². The van der Waals surface area contributed by atoms with E-state index in [1.807, 2.05) is 31.2 Å². The number of nitrogens with one attached hydrogen (secondary N) is 1. The van der Waals surface area contributed by atoms with E-state index in [0.29, 0.717) is 31.3 Å². The number of β-amino-alcohol motifs (C(OH)–C–C–N with tert-alkyl or cyclic N) is 1. The minimum Gasteiger partial charge on any atom is -0.391 e. The molecule has 134 valence electrons. The van der Waals surface area contributed by atoms with Gasteiger partial charge in [0.15, 0.2) is 5.82 Å². The van der Waals surface area contributed by atoms with Crippen molar-refractivity contribution in [3.8, 4) is 11.5 Å². The van der Waals surface area contributed by atoms with Gasteiger partial charge in [0.1, 0.15) is 0 Å². The van der Waals surface area contributed by atoms with Crippen molar-refractivity contribution >= 4 is 6.03 Å². The van der Waals surface area contributed by atoms with E-state index < -0.39 is 6.10 Å². The van der Waals surface area contributed by atoms with Gasteiger partial charge in [-0.2, -0.15) is 4.98 Å². The van der Waals surface area contributed by atoms with E-state index in [4.69, 9.17) is 4.52 Å². The summed E-state index contributed by atoms with van der Waals surface area (Å²) in [5.74, 6) is 1.23. The average Bonchev–Trinajstić information content (AvgIpc) is 3.11. The molecule has 1 fully saturated rings. The lowest BCUT2D eigenvalue weighted by Crippen LogP contribution is -2.47. The Kier molecular flexibility index (Phi) is 5.65. The summed E-state index contributed by atoms with van der Waals surface area (Å²) in [4.78, 5) is 18.1. The molecule has 0 bridgehead atoms. The summed E-state index contributed by atoms with van der Waals surface area (Å²) < 4.78 is 5.23. The molecule has 0 aliphatic carbocycles. The van der Waals surface area contributed by atoms with Crippen LogP contribution in [0.5, 0.6) is 0 Å². The van der Waals surface area contributed by atoms with E-state index in [0.717, 1.165) is 36.8 Å². The molecule has 1 aliphatic rings. The van der Waals surface area contributed by atoms with Crippen molar-refractivity contribution in [2.24, 2.45) is 0 Å². The smallest absolute Gasteiger partial charge is 0.317 e. The molecule has 7 heteroatoms. The van der Waals surface area contributed by atoms with Crippen LogP contribution < -0.4 is 5.32 Å². The summed E-state index contributed by atoms with van der Waals surface area (Å²) in [5, 5.41) is 16.4. The number of carbonyl (C=O) groups is 1. The number of piperidine rings is 1. The molecular weight excluding hydrogens is 320 g/mol. The van der Waals surface area contributed by atoms with Gasteiger partial charge < -0.3 is 19.8 Å². The fraction of sp³-hybridized carbons (Fsp3) is 0.500. The zero-order valence-corrected chi connectivity index (χ0v) is 14.4. The summed E-state index contributed by atoms with van der Waals surface area (Å²) in [6.45, 7) is 3.67. The average molecular weight is 344 g/mol. The van der Waals surface area contributed by atoms with Crippen LogP contribution in [0.3, 0.4) is 0 Å². The van der Waals surface area contributed by atoms with Crippen LogP contribution in [0.25, 0.3) is 11.5 Å². The summed E-state index contributed by atoms with van der Waals surface area (Å²) in [5.41, 5.74) is 2.01. The molecule has 1 aliphatic heterocycles. The molecule has 1 aromatic carbocycles. The fourth-order valence-electron chi connectivity index (χ4n) is 2.89. The lowest BCUT2D eigenvalue weighted by Gasteiger charge is -2.30. The molecule has 0 radical (unpaired) electrons. The van der Waals surface area contributed by atoms with Gasteiger partial charge in [-0.05, 0) is 37.0 Å². The summed E-state index contributed by atoms with van der Waals surface area (Å²) >= 11 is 0. The van der Waals surface area contributed by atoms with Gasteiger partial charge in [-0.15, -0.1) is 0 Å². The molecule has 2 aromatic rings. The van der Waals surface area contributed by atoms with Crippen molar-refractivity contribution in [3.05, 3.63) is 35.7 Å². The van der Waals surface area contributed by atoms with Crippen LogP contribution in [0.2, 0.25) is 0 Å². The highest BCUT2D eigenvalue weighted by molar-refractivity contribution is 5.74. The molecular formula is C18H24N4O3. The van der Waals surface area contributed by atoms with Crippen molar-refractivity contribution in [1.82, 2.24) is 20.4 Å². The minimum absolute atomic E-state index is 0.103. The first kappa shape index (κ1) is 17.4. The second-order valence-corrected chi connectivity index (χ2v) is 6.29. The first-order chi connectivity index (χ1) is 12.2. The molecule has 1 atom stereocenters. The van der Waals surface area contributed by atoms with Gasteiger partial charge in [-0.1, -0.05) is 24.2 Å². The molecule has 1 unspecified atom stereocenters. The van der Waals surface area contributed by atoms with E-state index in [2.05, 4.69) is 15.5 Å². The van der Waals surface area contributed by atoms with Crippen LogP contribution in [0, 0.1) is 0 Å². The molecule has 2 heterocycles. The highest BCUT2D eigenvalue weighted by atomic mass is 16.5. The number of benzene rings is 1. The number of rotatable bonds is 5. The van der Waals surface area contributed by atoms with E-state index in [-0.39, 0.29) is 6.03 Å². The number of aryl methyl sites for hydroxylation is 1. The Hall–Kier alpha value is -2.41. The van der Waals surface area contributed by atoms with E-state index >= 15 is 0 Å². The third-order valence-electron chi connectivity index (χ3n) is 4.36. The predicted molar refractivity (Wildman–Crippen MR) is 93.0 cm³/mol. The van der Waals surface area contributed by atoms with Crippen molar-refractivity contribution in [2.75, 3.05) is 19.6 Å². The standard InChI is InChI=1S/C18H24N4O3/c1-2-16-20-17(25-21-16)14-7-5-13(6-8-14)9-10-19-18(24)22-11-3-4-15(23)12-22/h5-8,15,23H,2-4,9-12H2,1H3,(H,19,24). The van der Waals surface area contributed by atoms with Gasteiger partial charge in [-0.3, -0.25) is 0 Å². The number of hydrogen-bond acceptors (Lipinski definition) is 5. The van der Waals surface area contributed by atoms with Gasteiger partial charge in [-0.25, -0.2) is 4.79 Å². The Labute approximate surface area is 147 Å². The van der Waals surface area contributed by atoms with Crippen LogP contribution >= 0.6 is 0 Å². The van der Waals surface area contributed by atoms with Crippen LogP contribution in [-0.4, -0.2) is 51.9 Å². The quantitative estimate of drug-likeness (QED) is 0.866. The maximum Gasteiger partial charge on any atom is 0.317 e. The summed E-state index contributed by atoms with van der Waals surface area (Å²) in [7, 11) is 0. The van der Waals surface area contributed by atoms with Gasteiger partial charge >= 0.3 is 6.03 Å². The van der Waals surface area contributed by atoms with Crippen molar-refractivity contribution in [2.45, 2.75) is 38.7 Å². The van der Waals surface area contributed by atoms with E-state index in [9.17, 15) is 9.90 Å². The highest BCUT2D eigenvalue weighted by Gasteiger charge is 2.21. The third kappa shape index (κ3) is 4.57. The first-order valence-corrected chi connectivity index (χ1v) is 8.78. The lowest BCUT2D eigenvalue weighted by molar-refractivity contribution is 0.0843. The number of aliphatic hydroxyl groups excluding tert-OH is 1. The van der Waals surface area contributed by atoms with Crippen LogP contribution in [0.1, 0.15) is 31.2 Å². The number of carbonyl (C=O) groups excluding carboxylic acids is 1. The molecule has 0 spiro atoms. The Balaban J connectivity index is 1.48. The third-order valence-corrected chi connectivity index (χ3v) is 4.36. The molecule has 2 amide bonds. The van der Waals surface area contributed by atoms with Crippen LogP contribution in [0.4, 0.5) is 4.79 Å². The number of likely N-dealkylation sites (tertiary alicyclic amines) is 1. The Morgan fingerprint density at radius 3 is 2.88 bits per heavy atom.